The molecular formula is H20B18. The molecule has 0 heterocycles. The molecule has 0 aromatic carbocycles. The van der Waals surface area contributed by atoms with E-state index in [0.717, 1.165) is 44.7 Å². The molecule has 74 valence electrons. The topological polar surface area (TPSA) is 0 Å². The summed E-state index contributed by atoms with van der Waals surface area (Å²) in [7, 11) is 24.4. The van der Waals surface area contributed by atoms with E-state index in [1.54, 1.807) is 0 Å². The highest BCUT2D eigenvalue weighted by atomic mass is 13.2. The summed E-state index contributed by atoms with van der Waals surface area (Å²) in [6.45, 7) is 0. The van der Waals surface area contributed by atoms with Gasteiger partial charge >= 0.3 is 0 Å². The Balaban J connectivity index is 5.25. The van der Waals surface area contributed by atoms with E-state index in [0.29, 0.717) is 0 Å². The third-order valence-corrected chi connectivity index (χ3v) is 5.30. The number of rotatable bonds is 8. The summed E-state index contributed by atoms with van der Waals surface area (Å²) < 4.78 is 0. The highest BCUT2D eigenvalue weighted by Gasteiger charge is 2.41. The zero-order valence-electron chi connectivity index (χ0n) is 14.5. The van der Waals surface area contributed by atoms with Crippen LogP contribution in [0.2, 0.25) is 0 Å². The van der Waals surface area contributed by atoms with Crippen LogP contribution in [0.1, 0.15) is 0 Å². The number of hydrogen-bond donors (Lipinski definition) is 0. The molecular weight excluding hydrogens is 195 g/mol. The first-order chi connectivity index (χ1) is 8.27. The van der Waals surface area contributed by atoms with Crippen LogP contribution in [0.3, 0.4) is 0 Å². The largest absolute Gasteiger partial charge is 0.0593 e. The van der Waals surface area contributed by atoms with Crippen LogP contribution in [0.4, 0.5) is 0 Å². The third-order valence-electron chi connectivity index (χ3n) is 5.30. The Kier molecular flexibility index (Phi) is 9.76. The Bertz CT molecular complexity index is 186. The van der Waals surface area contributed by atoms with Gasteiger partial charge in [-0.1, -0.05) is 0 Å². The van der Waals surface area contributed by atoms with E-state index in [1.165, 1.54) is 14.1 Å². The molecule has 0 saturated carbocycles. The van der Waals surface area contributed by atoms with E-state index in [1.807, 2.05) is 0 Å². The predicted octanol–water partition coefficient (Wildman–Crippen LogP) is -12.2. The molecule has 0 aliphatic rings. The molecule has 0 spiro atoms. The molecule has 0 amide bonds. The standard InChI is InChI=1S/B18H20/c1-10-16(13(5)6)18(15(9)12(3)4)17(11-2)14(7)8/h10-11H,1-9H2. The lowest BCUT2D eigenvalue weighted by atomic mass is 8.43. The molecule has 0 unspecified atom stereocenters. The van der Waals surface area contributed by atoms with E-state index >= 15 is 0 Å². The fraction of sp³-hybridized carbons (Fsp3) is 0. The molecule has 0 radical (unpaired) electrons. The van der Waals surface area contributed by atoms with Gasteiger partial charge in [-0.3, -0.25) is 0 Å². The van der Waals surface area contributed by atoms with Crippen LogP contribution >= 0.6 is 0 Å². The van der Waals surface area contributed by atoms with Crippen molar-refractivity contribution in [2.24, 2.45) is 0 Å². The molecule has 0 bridgehead atoms. The third kappa shape index (κ3) is 5.28. The predicted molar refractivity (Wildman–Crippen MR) is 131 cm³/mol. The van der Waals surface area contributed by atoms with Gasteiger partial charge in [-0.15, -0.1) is 0 Å². The van der Waals surface area contributed by atoms with Crippen molar-refractivity contribution in [1.82, 2.24) is 0 Å². The minimum Gasteiger partial charge on any atom is 0.00178 e. The van der Waals surface area contributed by atoms with Gasteiger partial charge < -0.3 is 0 Å². The lowest BCUT2D eigenvalue weighted by Gasteiger charge is -2.37. The van der Waals surface area contributed by atoms with Crippen LogP contribution in [-0.2, 0) is 0 Å². The van der Waals surface area contributed by atoms with E-state index in [-0.39, 0.29) is 0 Å². The van der Waals surface area contributed by atoms with Crippen molar-refractivity contribution in [3.05, 3.63) is 0 Å². The Morgan fingerprint density at radius 2 is 0.889 bits per heavy atom. The van der Waals surface area contributed by atoms with Gasteiger partial charge in [-0.2, -0.15) is 0 Å². The van der Waals surface area contributed by atoms with Gasteiger partial charge in [0.1, 0.15) is 0 Å². The highest BCUT2D eigenvalue weighted by Crippen LogP contribution is 2.01. The lowest BCUT2D eigenvalue weighted by Crippen LogP contribution is -2.76. The van der Waals surface area contributed by atoms with Crippen LogP contribution in [0.5, 0.6) is 0 Å². The molecule has 18 heteroatoms. The zero-order chi connectivity index (χ0) is 14.5. The maximum Gasteiger partial charge on any atom is 0.0593 e. The second-order valence-corrected chi connectivity index (χ2v) is 7.31. The second-order valence-electron chi connectivity index (χ2n) is 7.31. The molecule has 0 aromatic rings. The monoisotopic (exact) mass is 218 g/mol. The summed E-state index contributed by atoms with van der Waals surface area (Å²) in [6.07, 6.45) is 5.92. The Morgan fingerprint density at radius 1 is 0.556 bits per heavy atom. The molecule has 0 aliphatic heterocycles. The highest BCUT2D eigenvalue weighted by molar-refractivity contribution is 8.15. The van der Waals surface area contributed by atoms with E-state index in [4.69, 9.17) is 0 Å². The molecule has 0 saturated heterocycles. The SMILES string of the molecule is BBB(B(B)B)B(B(B)B(B)B)B(BB)B(B)B. The van der Waals surface area contributed by atoms with Crippen molar-refractivity contribution < 1.29 is 0 Å². The zero-order valence-corrected chi connectivity index (χ0v) is 14.5. The minimum absolute atomic E-state index is 0.801. The molecule has 0 aromatic heterocycles. The van der Waals surface area contributed by atoms with Crippen molar-refractivity contribution in [2.75, 3.05) is 0 Å². The van der Waals surface area contributed by atoms with Crippen molar-refractivity contribution in [2.45, 2.75) is 0 Å². The van der Waals surface area contributed by atoms with Gasteiger partial charge in [0, 0.05) is 58.8 Å². The summed E-state index contributed by atoms with van der Waals surface area (Å²) in [5.74, 6) is 0. The normalized spacial score (nSPS) is 8.89. The van der Waals surface area contributed by atoms with Crippen molar-refractivity contribution in [3.8, 4) is 0 Å². The van der Waals surface area contributed by atoms with Crippen LogP contribution in [0.15, 0.2) is 0 Å². The van der Waals surface area contributed by atoms with Crippen molar-refractivity contribution >= 4 is 128 Å². The first-order valence-electron chi connectivity index (χ1n) is 8.27. The van der Waals surface area contributed by atoms with Gasteiger partial charge in [-0.05, 0) is 0 Å². The molecule has 0 fully saturated rings. The maximum absolute atomic E-state index is 2.49. The van der Waals surface area contributed by atoms with Gasteiger partial charge in [0.05, 0.1) is 69.6 Å². The first-order valence-corrected chi connectivity index (χ1v) is 8.27. The van der Waals surface area contributed by atoms with E-state index in [2.05, 4.69) is 69.6 Å². The summed E-state index contributed by atoms with van der Waals surface area (Å²) in [5.41, 5.74) is 0. The molecule has 0 N–H and O–H groups in total. The van der Waals surface area contributed by atoms with Gasteiger partial charge in [-0.25, -0.2) is 0 Å². The van der Waals surface area contributed by atoms with Crippen LogP contribution in [0, 0.1) is 0 Å². The smallest absolute Gasteiger partial charge is 0.00178 e. The fourth-order valence-corrected chi connectivity index (χ4v) is 3.92. The maximum atomic E-state index is 2.49. The average molecular weight is 215 g/mol. The molecule has 0 atom stereocenters. The summed E-state index contributed by atoms with van der Waals surface area (Å²) in [5, 5.41) is 0. The van der Waals surface area contributed by atoms with Crippen LogP contribution in [0.25, 0.3) is 0 Å². The number of hydrogen-bond acceptors (Lipinski definition) is 0. The molecule has 18 heavy (non-hydrogen) atoms. The summed E-state index contributed by atoms with van der Waals surface area (Å²) >= 11 is 0. The quantitative estimate of drug-likeness (QED) is 0.352. The second kappa shape index (κ2) is 9.17. The summed E-state index contributed by atoms with van der Waals surface area (Å²) in [6, 6.07) is 0. The summed E-state index contributed by atoms with van der Waals surface area (Å²) in [4.78, 5) is 0. The lowest BCUT2D eigenvalue weighted by molar-refractivity contribution is 3.37. The average Bonchev–Trinajstić information content (AvgIpc) is 2.26. The molecule has 0 rings (SSSR count). The van der Waals surface area contributed by atoms with Crippen molar-refractivity contribution in [3.63, 3.8) is 0 Å². The van der Waals surface area contributed by atoms with Gasteiger partial charge in [0.2, 0.25) is 0 Å². The van der Waals surface area contributed by atoms with Crippen LogP contribution < -0.4 is 0 Å². The van der Waals surface area contributed by atoms with Crippen LogP contribution in [-0.4, -0.2) is 128 Å². The van der Waals surface area contributed by atoms with Crippen molar-refractivity contribution in [1.29, 1.82) is 0 Å². The molecule has 0 nitrogen and oxygen atoms in total. The Hall–Kier alpha value is 1.17. The van der Waals surface area contributed by atoms with E-state index in [9.17, 15) is 0 Å². The van der Waals surface area contributed by atoms with Gasteiger partial charge in [0.25, 0.3) is 0 Å². The van der Waals surface area contributed by atoms with Gasteiger partial charge in [0.15, 0.2) is 0 Å². The Labute approximate surface area is 128 Å². The minimum atomic E-state index is 0.801. The molecule has 0 aliphatic carbocycles. The first kappa shape index (κ1) is 19.2. The Morgan fingerprint density at radius 3 is 1.06 bits per heavy atom. The van der Waals surface area contributed by atoms with E-state index < -0.39 is 0 Å². The fourth-order valence-electron chi connectivity index (χ4n) is 3.92.